The Bertz CT molecular complexity index is 2350. The van der Waals surface area contributed by atoms with Crippen molar-refractivity contribution in [3.63, 3.8) is 0 Å². The lowest BCUT2D eigenvalue weighted by atomic mass is 10.1. The largest absolute Gasteiger partial charge is 0.315 e. The van der Waals surface area contributed by atoms with Crippen molar-refractivity contribution in [2.45, 2.75) is 41.5 Å². The average Bonchev–Trinajstić information content (AvgIpc) is 3.30. The molecule has 60 heavy (non-hydrogen) atoms. The van der Waals surface area contributed by atoms with Crippen LogP contribution in [0.2, 0.25) is 0 Å². The first-order valence-electron chi connectivity index (χ1n) is 20.5. The monoisotopic (exact) mass is 786 g/mol. The van der Waals surface area contributed by atoms with Gasteiger partial charge in [-0.3, -0.25) is 0 Å². The SMILES string of the molecule is C=C/C=C\C(=C/C)N(/C(C)=C/C=C(\C)N(c1ccccc1)c1ccccc1)c1ccc(N(/C(C=C)=C/C=C\C)c2ccc(N(C(/C=C\C)=C/C)c3ccccc3)cc2)cc1. The van der Waals surface area contributed by atoms with Crippen LogP contribution in [0, 0.1) is 0 Å². The smallest absolute Gasteiger partial charge is 0.0463 e. The summed E-state index contributed by atoms with van der Waals surface area (Å²) in [6, 6.07) is 48.8. The standard InChI is InChI=1S/C56H58N4/c1-9-15-27-48(13-5)57(45(7)35-36-46(8)58(50-29-20-17-21-30-50)51-31-22-18-23-32-51)53-37-39-55(40-38-53)60(49(14-6)28-16-10-2)56-43-41-54(42-44-56)59(47(12-4)26-11-3)52-33-24-19-25-34-52/h9-44H,1,6H2,2-5,7-8H3/b16-10-,26-11-,27-15-,45-35+,46-36+,47-12+,48-13+,49-28+. The summed E-state index contributed by atoms with van der Waals surface area (Å²) in [4.78, 5) is 9.06. The molecular weight excluding hydrogens is 729 g/mol. The van der Waals surface area contributed by atoms with Gasteiger partial charge in [0.1, 0.15) is 0 Å². The van der Waals surface area contributed by atoms with Crippen LogP contribution in [-0.2, 0) is 0 Å². The lowest BCUT2D eigenvalue weighted by Gasteiger charge is -2.30. The Morgan fingerprint density at radius 2 is 0.817 bits per heavy atom. The van der Waals surface area contributed by atoms with E-state index in [0.29, 0.717) is 0 Å². The van der Waals surface area contributed by atoms with E-state index < -0.39 is 0 Å². The van der Waals surface area contributed by atoms with Crippen molar-refractivity contribution in [1.29, 1.82) is 0 Å². The number of para-hydroxylation sites is 3. The zero-order chi connectivity index (χ0) is 42.7. The Labute approximate surface area is 359 Å². The van der Waals surface area contributed by atoms with Gasteiger partial charge in [0.2, 0.25) is 0 Å². The van der Waals surface area contributed by atoms with Crippen LogP contribution in [0.1, 0.15) is 41.5 Å². The summed E-state index contributed by atoms with van der Waals surface area (Å²) in [5, 5.41) is 0. The molecule has 0 aliphatic heterocycles. The predicted molar refractivity (Wildman–Crippen MR) is 263 cm³/mol. The molecule has 0 amide bonds. The molecule has 302 valence electrons. The highest BCUT2D eigenvalue weighted by Crippen LogP contribution is 2.37. The molecule has 0 spiro atoms. The first kappa shape index (κ1) is 43.8. The van der Waals surface area contributed by atoms with Crippen molar-refractivity contribution in [3.8, 4) is 0 Å². The van der Waals surface area contributed by atoms with E-state index in [4.69, 9.17) is 0 Å². The van der Waals surface area contributed by atoms with E-state index in [1.807, 2.05) is 56.4 Å². The number of anilines is 7. The van der Waals surface area contributed by atoms with Gasteiger partial charge in [-0.1, -0.05) is 110 Å². The van der Waals surface area contributed by atoms with Gasteiger partial charge in [0, 0.05) is 68.3 Å². The van der Waals surface area contributed by atoms with Crippen molar-refractivity contribution in [1.82, 2.24) is 0 Å². The summed E-state index contributed by atoms with van der Waals surface area (Å²) in [7, 11) is 0. The van der Waals surface area contributed by atoms with Crippen LogP contribution >= 0.6 is 0 Å². The van der Waals surface area contributed by atoms with Gasteiger partial charge in [0.05, 0.1) is 0 Å². The minimum atomic E-state index is 0.953. The van der Waals surface area contributed by atoms with Gasteiger partial charge >= 0.3 is 0 Å². The zero-order valence-corrected chi connectivity index (χ0v) is 36.0. The van der Waals surface area contributed by atoms with Gasteiger partial charge in [-0.2, -0.15) is 0 Å². The third-order valence-electron chi connectivity index (χ3n) is 9.82. The average molecular weight is 787 g/mol. The molecule has 4 nitrogen and oxygen atoms in total. The second kappa shape index (κ2) is 22.6. The van der Waals surface area contributed by atoms with Gasteiger partial charge in [0.25, 0.3) is 0 Å². The molecule has 0 unspecified atom stereocenters. The maximum atomic E-state index is 4.23. The lowest BCUT2D eigenvalue weighted by molar-refractivity contribution is 1.09. The molecule has 0 heterocycles. The Hall–Kier alpha value is -7.30. The molecule has 0 N–H and O–H groups in total. The fraction of sp³-hybridized carbons (Fsp3) is 0.107. The van der Waals surface area contributed by atoms with Gasteiger partial charge in [-0.15, -0.1) is 0 Å². The van der Waals surface area contributed by atoms with Crippen LogP contribution in [0.3, 0.4) is 0 Å². The molecule has 0 radical (unpaired) electrons. The minimum absolute atomic E-state index is 0.953. The number of nitrogens with zero attached hydrogens (tertiary/aromatic N) is 4. The van der Waals surface area contributed by atoms with Gasteiger partial charge in [0.15, 0.2) is 0 Å². The van der Waals surface area contributed by atoms with Crippen LogP contribution in [0.5, 0.6) is 0 Å². The van der Waals surface area contributed by atoms with Crippen molar-refractivity contribution < 1.29 is 0 Å². The van der Waals surface area contributed by atoms with E-state index in [1.54, 1.807) is 6.08 Å². The highest BCUT2D eigenvalue weighted by molar-refractivity contribution is 5.77. The summed E-state index contributed by atoms with van der Waals surface area (Å²) >= 11 is 0. The van der Waals surface area contributed by atoms with E-state index in [2.05, 4.69) is 230 Å². The molecule has 0 aliphatic rings. The molecule has 0 saturated carbocycles. The first-order valence-corrected chi connectivity index (χ1v) is 20.5. The third kappa shape index (κ3) is 11.0. The molecule has 5 aromatic carbocycles. The maximum Gasteiger partial charge on any atom is 0.0463 e. The van der Waals surface area contributed by atoms with Crippen molar-refractivity contribution in [3.05, 3.63) is 260 Å². The van der Waals surface area contributed by atoms with Crippen LogP contribution in [0.15, 0.2) is 260 Å². The quantitative estimate of drug-likeness (QED) is 0.0820. The highest BCUT2D eigenvalue weighted by atomic mass is 15.2. The zero-order valence-electron chi connectivity index (χ0n) is 36.0. The van der Waals surface area contributed by atoms with Crippen LogP contribution < -0.4 is 19.6 Å². The van der Waals surface area contributed by atoms with E-state index in [9.17, 15) is 0 Å². The predicted octanol–water partition coefficient (Wildman–Crippen LogP) is 16.2. The van der Waals surface area contributed by atoms with Crippen molar-refractivity contribution in [2.75, 3.05) is 19.6 Å². The van der Waals surface area contributed by atoms with Gasteiger partial charge < -0.3 is 19.6 Å². The highest BCUT2D eigenvalue weighted by Gasteiger charge is 2.18. The number of benzene rings is 5. The molecule has 0 atom stereocenters. The van der Waals surface area contributed by atoms with Crippen LogP contribution in [-0.4, -0.2) is 0 Å². The molecule has 0 saturated heterocycles. The third-order valence-corrected chi connectivity index (χ3v) is 9.82. The van der Waals surface area contributed by atoms with E-state index in [1.165, 1.54) is 0 Å². The van der Waals surface area contributed by atoms with Gasteiger partial charge in [-0.05, 0) is 163 Å². The molecule has 5 rings (SSSR count). The topological polar surface area (TPSA) is 13.0 Å². The summed E-state index contributed by atoms with van der Waals surface area (Å²) in [6.45, 7) is 20.7. The first-order chi connectivity index (χ1) is 29.4. The number of allylic oxidation sites excluding steroid dienone is 15. The normalized spacial score (nSPS) is 12.9. The Kier molecular flexibility index (Phi) is 16.5. The fourth-order valence-electron chi connectivity index (χ4n) is 7.00. The second-order valence-electron chi connectivity index (χ2n) is 13.8. The minimum Gasteiger partial charge on any atom is -0.315 e. The molecule has 0 aromatic heterocycles. The Balaban J connectivity index is 1.57. The lowest BCUT2D eigenvalue weighted by Crippen LogP contribution is -2.20. The Morgan fingerprint density at radius 1 is 0.400 bits per heavy atom. The molecule has 0 aliphatic carbocycles. The van der Waals surface area contributed by atoms with Crippen LogP contribution in [0.4, 0.5) is 39.8 Å². The molecular formula is C56H58N4. The summed E-state index contributed by atoms with van der Waals surface area (Å²) in [5.74, 6) is 0. The second-order valence-corrected chi connectivity index (χ2v) is 13.8. The fourth-order valence-corrected chi connectivity index (χ4v) is 7.00. The van der Waals surface area contributed by atoms with E-state index in [-0.39, 0.29) is 0 Å². The Morgan fingerprint density at radius 3 is 1.23 bits per heavy atom. The summed E-state index contributed by atoms with van der Waals surface area (Å²) in [5.41, 5.74) is 12.6. The number of hydrogen-bond donors (Lipinski definition) is 0. The maximum absolute atomic E-state index is 4.23. The number of rotatable bonds is 18. The molecule has 5 aromatic rings. The van der Waals surface area contributed by atoms with Crippen molar-refractivity contribution in [2.24, 2.45) is 0 Å². The summed E-state index contributed by atoms with van der Waals surface area (Å²) < 4.78 is 0. The molecule has 0 fully saturated rings. The molecule has 4 heteroatoms. The van der Waals surface area contributed by atoms with E-state index in [0.717, 1.165) is 68.3 Å². The van der Waals surface area contributed by atoms with Crippen LogP contribution in [0.25, 0.3) is 0 Å². The number of hydrogen-bond acceptors (Lipinski definition) is 4. The van der Waals surface area contributed by atoms with Crippen molar-refractivity contribution >= 4 is 39.8 Å². The van der Waals surface area contributed by atoms with Gasteiger partial charge in [-0.25, -0.2) is 0 Å². The summed E-state index contributed by atoms with van der Waals surface area (Å²) in [6.07, 6.45) is 26.8. The molecule has 0 bridgehead atoms. The van der Waals surface area contributed by atoms with E-state index >= 15 is 0 Å².